The van der Waals surface area contributed by atoms with E-state index in [4.69, 9.17) is 9.47 Å². The van der Waals surface area contributed by atoms with Crippen molar-refractivity contribution in [1.82, 2.24) is 14.9 Å². The van der Waals surface area contributed by atoms with Gasteiger partial charge in [-0.2, -0.15) is 0 Å². The van der Waals surface area contributed by atoms with E-state index in [1.807, 2.05) is 13.0 Å². The second-order valence-corrected chi connectivity index (χ2v) is 6.46. The van der Waals surface area contributed by atoms with E-state index >= 15 is 0 Å². The Bertz CT molecular complexity index is 830. The summed E-state index contributed by atoms with van der Waals surface area (Å²) in [7, 11) is 0. The molecular weight excluding hydrogens is 346 g/mol. The molecule has 1 aromatic carbocycles. The van der Waals surface area contributed by atoms with Crippen LogP contribution in [0.4, 0.5) is 0 Å². The summed E-state index contributed by atoms with van der Waals surface area (Å²) in [6.07, 6.45) is 6.25. The molecule has 0 saturated carbocycles. The smallest absolute Gasteiger partial charge is 0.246 e. The number of nitrogens with zero attached hydrogens (tertiary/aromatic N) is 2. The number of carbonyl (C=O) groups excluding carboxylic acids is 2. The highest BCUT2D eigenvalue weighted by Crippen LogP contribution is 2.18. The number of rotatable bonds is 6. The van der Waals surface area contributed by atoms with Crippen LogP contribution >= 0.6 is 0 Å². The van der Waals surface area contributed by atoms with Gasteiger partial charge in [-0.3, -0.25) is 9.59 Å². The molecule has 0 aliphatic carbocycles. The number of imidazole rings is 1. The Morgan fingerprint density at radius 3 is 3.00 bits per heavy atom. The van der Waals surface area contributed by atoms with Gasteiger partial charge >= 0.3 is 0 Å². The van der Waals surface area contributed by atoms with E-state index in [0.29, 0.717) is 37.6 Å². The normalized spacial score (nSPS) is 17.3. The number of hydrogen-bond donors (Lipinski definition) is 1. The van der Waals surface area contributed by atoms with E-state index in [0.717, 1.165) is 11.3 Å². The molecule has 2 heterocycles. The second-order valence-electron chi connectivity index (χ2n) is 6.46. The number of ether oxygens (including phenoxy) is 2. The van der Waals surface area contributed by atoms with Crippen LogP contribution in [-0.2, 0) is 9.53 Å². The standard InChI is InChI=1S/C20H23N3O4/c1-14-9-17(4-5-19(14)15(2)24)27-12-18-11-23(7-8-26-18)20(25)6-3-16-10-21-13-22-16/h3-6,9-10,13,18H,7-8,11-12H2,1-2H3,(H,21,22). The van der Waals surface area contributed by atoms with E-state index in [2.05, 4.69) is 9.97 Å². The molecule has 1 amide bonds. The fourth-order valence-electron chi connectivity index (χ4n) is 2.95. The van der Waals surface area contributed by atoms with Crippen molar-refractivity contribution in [2.45, 2.75) is 20.0 Å². The molecule has 1 aromatic heterocycles. The van der Waals surface area contributed by atoms with E-state index in [9.17, 15) is 9.59 Å². The highest BCUT2D eigenvalue weighted by atomic mass is 16.5. The van der Waals surface area contributed by atoms with Crippen LogP contribution in [0, 0.1) is 6.92 Å². The molecule has 142 valence electrons. The minimum atomic E-state index is -0.198. The average molecular weight is 369 g/mol. The van der Waals surface area contributed by atoms with Gasteiger partial charge in [0.1, 0.15) is 18.5 Å². The number of benzene rings is 1. The Kier molecular flexibility index (Phi) is 6.03. The lowest BCUT2D eigenvalue weighted by atomic mass is 10.1. The Morgan fingerprint density at radius 1 is 1.44 bits per heavy atom. The summed E-state index contributed by atoms with van der Waals surface area (Å²) in [5.74, 6) is 0.648. The third-order valence-electron chi connectivity index (χ3n) is 4.39. The summed E-state index contributed by atoms with van der Waals surface area (Å²) in [5, 5.41) is 0. The van der Waals surface area contributed by atoms with Crippen molar-refractivity contribution in [2.75, 3.05) is 26.3 Å². The largest absolute Gasteiger partial charge is 0.491 e. The third-order valence-corrected chi connectivity index (χ3v) is 4.39. The van der Waals surface area contributed by atoms with Gasteiger partial charge in [0.25, 0.3) is 0 Å². The summed E-state index contributed by atoms with van der Waals surface area (Å²) in [4.78, 5) is 32.4. The van der Waals surface area contributed by atoms with Gasteiger partial charge in [-0.25, -0.2) is 4.98 Å². The van der Waals surface area contributed by atoms with Crippen LogP contribution in [0.15, 0.2) is 36.8 Å². The molecule has 0 bridgehead atoms. The number of ketones is 1. The number of hydrogen-bond acceptors (Lipinski definition) is 5. The quantitative estimate of drug-likeness (QED) is 0.624. The van der Waals surface area contributed by atoms with E-state index in [1.165, 1.54) is 6.08 Å². The SMILES string of the molecule is CC(=O)c1ccc(OCC2CN(C(=O)C=Cc3cnc[nH]3)CCO2)cc1C. The lowest BCUT2D eigenvalue weighted by Gasteiger charge is -2.32. The summed E-state index contributed by atoms with van der Waals surface area (Å²) in [6, 6.07) is 5.39. The van der Waals surface area contributed by atoms with Crippen molar-refractivity contribution in [3.8, 4) is 5.75 Å². The van der Waals surface area contributed by atoms with Gasteiger partial charge in [0, 0.05) is 18.2 Å². The predicted molar refractivity (Wildman–Crippen MR) is 101 cm³/mol. The maximum atomic E-state index is 12.3. The number of amides is 1. The average Bonchev–Trinajstić information content (AvgIpc) is 3.18. The first-order chi connectivity index (χ1) is 13.0. The Morgan fingerprint density at radius 2 is 2.30 bits per heavy atom. The Hall–Kier alpha value is -2.93. The third kappa shape index (κ3) is 5.04. The first kappa shape index (κ1) is 18.8. The van der Waals surface area contributed by atoms with E-state index in [1.54, 1.807) is 42.6 Å². The van der Waals surface area contributed by atoms with Crippen molar-refractivity contribution in [1.29, 1.82) is 0 Å². The van der Waals surface area contributed by atoms with Crippen molar-refractivity contribution in [2.24, 2.45) is 0 Å². The Labute approximate surface area is 158 Å². The predicted octanol–water partition coefficient (Wildman–Crippen LogP) is 2.24. The maximum absolute atomic E-state index is 12.3. The van der Waals surface area contributed by atoms with Crippen LogP contribution in [-0.4, -0.2) is 59.0 Å². The first-order valence-corrected chi connectivity index (χ1v) is 8.84. The molecule has 1 unspecified atom stereocenters. The van der Waals surface area contributed by atoms with E-state index in [-0.39, 0.29) is 17.8 Å². The topological polar surface area (TPSA) is 84.5 Å². The summed E-state index contributed by atoms with van der Waals surface area (Å²) >= 11 is 0. The number of aromatic amines is 1. The molecule has 1 fully saturated rings. The van der Waals surface area contributed by atoms with Gasteiger partial charge in [0.2, 0.25) is 5.91 Å². The van der Waals surface area contributed by atoms with Gasteiger partial charge in [-0.15, -0.1) is 0 Å². The molecule has 27 heavy (non-hydrogen) atoms. The highest BCUT2D eigenvalue weighted by Gasteiger charge is 2.23. The van der Waals surface area contributed by atoms with Gasteiger partial charge in [-0.1, -0.05) is 0 Å². The zero-order valence-electron chi connectivity index (χ0n) is 15.5. The van der Waals surface area contributed by atoms with Crippen LogP contribution in [0.3, 0.4) is 0 Å². The summed E-state index contributed by atoms with van der Waals surface area (Å²) < 4.78 is 11.5. The monoisotopic (exact) mass is 369 g/mol. The molecule has 2 aromatic rings. The maximum Gasteiger partial charge on any atom is 0.246 e. The van der Waals surface area contributed by atoms with Crippen molar-refractivity contribution < 1.29 is 19.1 Å². The molecule has 1 aliphatic heterocycles. The van der Waals surface area contributed by atoms with Gasteiger partial charge < -0.3 is 19.4 Å². The highest BCUT2D eigenvalue weighted by molar-refractivity contribution is 5.95. The molecule has 1 atom stereocenters. The molecule has 0 radical (unpaired) electrons. The lowest BCUT2D eigenvalue weighted by molar-refractivity contribution is -0.134. The van der Waals surface area contributed by atoms with Gasteiger partial charge in [0.05, 0.1) is 31.4 Å². The van der Waals surface area contributed by atoms with Gasteiger partial charge in [-0.05, 0) is 43.7 Å². The lowest BCUT2D eigenvalue weighted by Crippen LogP contribution is -2.47. The van der Waals surface area contributed by atoms with Crippen molar-refractivity contribution in [3.05, 3.63) is 53.6 Å². The van der Waals surface area contributed by atoms with Crippen LogP contribution in [0.2, 0.25) is 0 Å². The molecule has 1 saturated heterocycles. The minimum Gasteiger partial charge on any atom is -0.491 e. The van der Waals surface area contributed by atoms with Crippen molar-refractivity contribution in [3.63, 3.8) is 0 Å². The molecular formula is C20H23N3O4. The molecule has 1 N–H and O–H groups in total. The second kappa shape index (κ2) is 8.64. The number of carbonyl (C=O) groups is 2. The number of aromatic nitrogens is 2. The fraction of sp³-hybridized carbons (Fsp3) is 0.350. The van der Waals surface area contributed by atoms with E-state index < -0.39 is 0 Å². The number of aryl methyl sites for hydroxylation is 1. The zero-order valence-corrected chi connectivity index (χ0v) is 15.5. The Balaban J connectivity index is 1.53. The number of nitrogens with one attached hydrogen (secondary N) is 1. The number of Topliss-reactive ketones (excluding diaryl/α,β-unsaturated/α-hetero) is 1. The summed E-state index contributed by atoms with van der Waals surface area (Å²) in [5.41, 5.74) is 2.35. The van der Waals surface area contributed by atoms with Crippen LogP contribution in [0.5, 0.6) is 5.75 Å². The first-order valence-electron chi connectivity index (χ1n) is 8.84. The number of H-pyrrole nitrogens is 1. The van der Waals surface area contributed by atoms with Crippen LogP contribution in [0.1, 0.15) is 28.5 Å². The molecule has 1 aliphatic rings. The molecule has 0 spiro atoms. The van der Waals surface area contributed by atoms with Crippen LogP contribution in [0.25, 0.3) is 6.08 Å². The van der Waals surface area contributed by atoms with Crippen molar-refractivity contribution >= 4 is 17.8 Å². The summed E-state index contributed by atoms with van der Waals surface area (Å²) in [6.45, 7) is 5.26. The van der Waals surface area contributed by atoms with Gasteiger partial charge in [0.15, 0.2) is 5.78 Å². The zero-order chi connectivity index (χ0) is 19.2. The molecule has 7 heteroatoms. The molecule has 3 rings (SSSR count). The number of morpholine rings is 1. The molecule has 7 nitrogen and oxygen atoms in total. The minimum absolute atomic E-state index is 0.0343. The van der Waals surface area contributed by atoms with Crippen LogP contribution < -0.4 is 4.74 Å². The fourth-order valence-corrected chi connectivity index (χ4v) is 2.95.